The van der Waals surface area contributed by atoms with Crippen LogP contribution in [-0.4, -0.2) is 17.8 Å². The summed E-state index contributed by atoms with van der Waals surface area (Å²) in [6.07, 6.45) is 0. The molecule has 0 aliphatic heterocycles. The van der Waals surface area contributed by atoms with Crippen LogP contribution in [-0.2, 0) is 0 Å². The van der Waals surface area contributed by atoms with Crippen molar-refractivity contribution in [1.82, 2.24) is 0 Å². The molecule has 0 aliphatic carbocycles. The quantitative estimate of drug-likeness (QED) is 0.738. The Morgan fingerprint density at radius 3 is 2.67 bits per heavy atom. The van der Waals surface area contributed by atoms with Crippen LogP contribution in [0.25, 0.3) is 0 Å². The number of nitrogens with one attached hydrogen (secondary N) is 1. The highest BCUT2D eigenvalue weighted by atomic mass is 79.9. The summed E-state index contributed by atoms with van der Waals surface area (Å²) in [4.78, 5) is 0. The Kier molecular flexibility index (Phi) is 4.42. The van der Waals surface area contributed by atoms with E-state index in [0.717, 1.165) is 15.8 Å². The van der Waals surface area contributed by atoms with Gasteiger partial charge in [-0.1, -0.05) is 6.92 Å². The van der Waals surface area contributed by atoms with Crippen LogP contribution in [0.2, 0.25) is 0 Å². The minimum Gasteiger partial charge on any atom is -0.399 e. The highest BCUT2D eigenvalue weighted by molar-refractivity contribution is 9.10. The van der Waals surface area contributed by atoms with Crippen LogP contribution in [0, 0.1) is 5.92 Å². The summed E-state index contributed by atoms with van der Waals surface area (Å²) >= 11 is 3.44. The standard InChI is InChI=1S/C11H17BrN2O/c1-7(6-15)8(2)14-11-4-3-9(13)5-10(11)12/h3-5,7-8,14-15H,6,13H2,1-2H3. The van der Waals surface area contributed by atoms with Gasteiger partial charge in [0.2, 0.25) is 0 Å². The summed E-state index contributed by atoms with van der Waals surface area (Å²) in [5.74, 6) is 0.217. The molecule has 15 heavy (non-hydrogen) atoms. The molecule has 4 N–H and O–H groups in total. The lowest BCUT2D eigenvalue weighted by Crippen LogP contribution is -2.26. The SMILES string of the molecule is CC(CO)C(C)Nc1ccc(N)cc1Br. The maximum Gasteiger partial charge on any atom is 0.0488 e. The van der Waals surface area contributed by atoms with Crippen molar-refractivity contribution in [2.24, 2.45) is 5.92 Å². The zero-order valence-electron chi connectivity index (χ0n) is 9.00. The van der Waals surface area contributed by atoms with Crippen LogP contribution in [0.15, 0.2) is 22.7 Å². The first-order valence-electron chi connectivity index (χ1n) is 4.97. The lowest BCUT2D eigenvalue weighted by atomic mass is 10.0. The zero-order chi connectivity index (χ0) is 11.4. The molecule has 1 aromatic rings. The van der Waals surface area contributed by atoms with Crippen molar-refractivity contribution in [1.29, 1.82) is 0 Å². The summed E-state index contributed by atoms with van der Waals surface area (Å²) in [7, 11) is 0. The van der Waals surface area contributed by atoms with Gasteiger partial charge in [-0.2, -0.15) is 0 Å². The van der Waals surface area contributed by atoms with E-state index in [1.807, 2.05) is 32.0 Å². The van der Waals surface area contributed by atoms with Crippen molar-refractivity contribution in [2.75, 3.05) is 17.7 Å². The highest BCUT2D eigenvalue weighted by Gasteiger charge is 2.11. The molecule has 0 saturated carbocycles. The van der Waals surface area contributed by atoms with Crippen molar-refractivity contribution >= 4 is 27.3 Å². The predicted molar refractivity (Wildman–Crippen MR) is 67.9 cm³/mol. The molecule has 0 aliphatic rings. The van der Waals surface area contributed by atoms with Gasteiger partial charge in [0.15, 0.2) is 0 Å². The minimum atomic E-state index is 0.181. The van der Waals surface area contributed by atoms with Gasteiger partial charge in [-0.3, -0.25) is 0 Å². The number of hydrogen-bond acceptors (Lipinski definition) is 3. The van der Waals surface area contributed by atoms with Crippen molar-refractivity contribution < 1.29 is 5.11 Å². The number of halogens is 1. The molecule has 0 aromatic heterocycles. The first-order chi connectivity index (χ1) is 7.04. The molecular formula is C11H17BrN2O. The third kappa shape index (κ3) is 3.39. The number of rotatable bonds is 4. The zero-order valence-corrected chi connectivity index (χ0v) is 10.6. The first-order valence-corrected chi connectivity index (χ1v) is 5.76. The van der Waals surface area contributed by atoms with Gasteiger partial charge in [-0.25, -0.2) is 0 Å². The van der Waals surface area contributed by atoms with Crippen molar-refractivity contribution in [3.05, 3.63) is 22.7 Å². The second-order valence-corrected chi connectivity index (χ2v) is 4.69. The van der Waals surface area contributed by atoms with Crippen LogP contribution in [0.1, 0.15) is 13.8 Å². The van der Waals surface area contributed by atoms with E-state index in [1.165, 1.54) is 0 Å². The first kappa shape index (κ1) is 12.3. The lowest BCUT2D eigenvalue weighted by molar-refractivity contribution is 0.226. The van der Waals surface area contributed by atoms with Gasteiger partial charge in [-0.05, 0) is 47.0 Å². The van der Waals surface area contributed by atoms with Gasteiger partial charge in [0.25, 0.3) is 0 Å². The summed E-state index contributed by atoms with van der Waals surface area (Å²) in [5, 5.41) is 12.4. The lowest BCUT2D eigenvalue weighted by Gasteiger charge is -2.21. The van der Waals surface area contributed by atoms with E-state index in [1.54, 1.807) is 0 Å². The average molecular weight is 273 g/mol. The monoisotopic (exact) mass is 272 g/mol. The number of aliphatic hydroxyl groups excluding tert-OH is 1. The summed E-state index contributed by atoms with van der Waals surface area (Å²) < 4.78 is 0.944. The Bertz CT molecular complexity index is 330. The molecule has 1 aromatic carbocycles. The molecule has 2 unspecified atom stereocenters. The van der Waals surface area contributed by atoms with E-state index in [9.17, 15) is 0 Å². The molecule has 0 spiro atoms. The van der Waals surface area contributed by atoms with Crippen molar-refractivity contribution in [2.45, 2.75) is 19.9 Å². The van der Waals surface area contributed by atoms with Gasteiger partial charge < -0.3 is 16.2 Å². The molecule has 0 amide bonds. The number of anilines is 2. The molecular weight excluding hydrogens is 256 g/mol. The smallest absolute Gasteiger partial charge is 0.0488 e. The van der Waals surface area contributed by atoms with Crippen molar-refractivity contribution in [3.8, 4) is 0 Å². The number of nitrogen functional groups attached to an aromatic ring is 1. The molecule has 0 radical (unpaired) electrons. The maximum absolute atomic E-state index is 9.02. The minimum absolute atomic E-state index is 0.181. The Morgan fingerprint density at radius 1 is 1.47 bits per heavy atom. The topological polar surface area (TPSA) is 58.3 Å². The molecule has 4 heteroatoms. The van der Waals surface area contributed by atoms with E-state index in [0.29, 0.717) is 0 Å². The molecule has 1 rings (SSSR count). The van der Waals surface area contributed by atoms with Crippen LogP contribution in [0.4, 0.5) is 11.4 Å². The molecule has 0 fully saturated rings. The van der Waals surface area contributed by atoms with Gasteiger partial charge in [0, 0.05) is 28.5 Å². The molecule has 0 heterocycles. The van der Waals surface area contributed by atoms with Crippen LogP contribution in [0.3, 0.4) is 0 Å². The number of nitrogens with two attached hydrogens (primary N) is 1. The Labute approximate surface area is 98.8 Å². The second-order valence-electron chi connectivity index (χ2n) is 3.83. The Balaban J connectivity index is 2.72. The molecule has 2 atom stereocenters. The van der Waals surface area contributed by atoms with Gasteiger partial charge in [0.1, 0.15) is 0 Å². The predicted octanol–water partition coefficient (Wildman–Crippen LogP) is 2.46. The fraction of sp³-hybridized carbons (Fsp3) is 0.455. The number of aliphatic hydroxyl groups is 1. The molecule has 0 bridgehead atoms. The largest absolute Gasteiger partial charge is 0.399 e. The average Bonchev–Trinajstić information content (AvgIpc) is 2.20. The van der Waals surface area contributed by atoms with E-state index in [4.69, 9.17) is 10.8 Å². The summed E-state index contributed by atoms with van der Waals surface area (Å²) in [5.41, 5.74) is 7.38. The van der Waals surface area contributed by atoms with E-state index < -0.39 is 0 Å². The molecule has 0 saturated heterocycles. The van der Waals surface area contributed by atoms with Gasteiger partial charge in [0.05, 0.1) is 0 Å². The van der Waals surface area contributed by atoms with Crippen molar-refractivity contribution in [3.63, 3.8) is 0 Å². The Hall–Kier alpha value is -0.740. The number of hydrogen-bond donors (Lipinski definition) is 3. The fourth-order valence-corrected chi connectivity index (χ4v) is 1.71. The summed E-state index contributed by atoms with van der Waals surface area (Å²) in [6.45, 7) is 4.23. The van der Waals surface area contributed by atoms with E-state index >= 15 is 0 Å². The second kappa shape index (κ2) is 5.37. The normalized spacial score (nSPS) is 14.7. The maximum atomic E-state index is 9.02. The van der Waals surface area contributed by atoms with Crippen LogP contribution in [0.5, 0.6) is 0 Å². The Morgan fingerprint density at radius 2 is 2.13 bits per heavy atom. The van der Waals surface area contributed by atoms with Gasteiger partial charge in [-0.15, -0.1) is 0 Å². The molecule has 84 valence electrons. The van der Waals surface area contributed by atoms with Gasteiger partial charge >= 0.3 is 0 Å². The third-order valence-electron chi connectivity index (χ3n) is 2.52. The van der Waals surface area contributed by atoms with Crippen LogP contribution >= 0.6 is 15.9 Å². The van der Waals surface area contributed by atoms with E-state index in [-0.39, 0.29) is 18.6 Å². The van der Waals surface area contributed by atoms with Crippen LogP contribution < -0.4 is 11.1 Å². The third-order valence-corrected chi connectivity index (χ3v) is 3.17. The molecule has 3 nitrogen and oxygen atoms in total. The number of benzene rings is 1. The van der Waals surface area contributed by atoms with E-state index in [2.05, 4.69) is 21.2 Å². The summed E-state index contributed by atoms with van der Waals surface area (Å²) in [6, 6.07) is 5.86. The fourth-order valence-electron chi connectivity index (χ4n) is 1.19. The highest BCUT2D eigenvalue weighted by Crippen LogP contribution is 2.26.